The molecular formula is C19H27Cl2IN6. The van der Waals surface area contributed by atoms with Gasteiger partial charge in [0, 0.05) is 23.1 Å². The molecule has 0 saturated heterocycles. The molecule has 1 heterocycles. The Morgan fingerprint density at radius 2 is 1.96 bits per heavy atom. The molecule has 0 aliphatic heterocycles. The number of aromatic nitrogens is 3. The minimum Gasteiger partial charge on any atom is -0.354 e. The first-order chi connectivity index (χ1) is 13.0. The van der Waals surface area contributed by atoms with Gasteiger partial charge in [0.2, 0.25) is 0 Å². The monoisotopic (exact) mass is 536 g/mol. The Balaban J connectivity index is 0.00000280. The van der Waals surface area contributed by atoms with E-state index in [1.807, 2.05) is 30.7 Å². The van der Waals surface area contributed by atoms with Crippen molar-refractivity contribution in [3.63, 3.8) is 0 Å². The number of nitrogens with one attached hydrogen (secondary N) is 2. The zero-order valence-electron chi connectivity index (χ0n) is 16.2. The van der Waals surface area contributed by atoms with E-state index in [-0.39, 0.29) is 24.0 Å². The Hall–Kier alpha value is -1.06. The van der Waals surface area contributed by atoms with Gasteiger partial charge in [0.15, 0.2) is 11.8 Å². The molecule has 28 heavy (non-hydrogen) atoms. The maximum atomic E-state index is 6.29. The van der Waals surface area contributed by atoms with Crippen LogP contribution >= 0.6 is 47.2 Å². The van der Waals surface area contributed by atoms with Crippen LogP contribution in [0.5, 0.6) is 0 Å². The van der Waals surface area contributed by atoms with E-state index in [2.05, 4.69) is 20.8 Å². The van der Waals surface area contributed by atoms with Crippen LogP contribution in [0.4, 0.5) is 0 Å². The summed E-state index contributed by atoms with van der Waals surface area (Å²) in [7, 11) is 1.96. The van der Waals surface area contributed by atoms with Crippen molar-refractivity contribution >= 4 is 53.1 Å². The quantitative estimate of drug-likeness (QED) is 0.332. The molecule has 1 saturated carbocycles. The Labute approximate surface area is 193 Å². The molecule has 6 nitrogen and oxygen atoms in total. The van der Waals surface area contributed by atoms with Crippen LogP contribution in [0.25, 0.3) is 0 Å². The highest BCUT2D eigenvalue weighted by Crippen LogP contribution is 2.22. The number of aryl methyl sites for hydroxylation is 1. The van der Waals surface area contributed by atoms with E-state index in [4.69, 9.17) is 28.2 Å². The summed E-state index contributed by atoms with van der Waals surface area (Å²) < 4.78 is 1.97. The second-order valence-corrected chi connectivity index (χ2v) is 7.80. The van der Waals surface area contributed by atoms with Gasteiger partial charge < -0.3 is 15.2 Å². The summed E-state index contributed by atoms with van der Waals surface area (Å²) in [6.45, 7) is 2.98. The van der Waals surface area contributed by atoms with Gasteiger partial charge in [-0.3, -0.25) is 0 Å². The molecule has 3 rings (SSSR count). The van der Waals surface area contributed by atoms with Crippen molar-refractivity contribution in [2.75, 3.05) is 0 Å². The molecule has 2 aromatic rings. The van der Waals surface area contributed by atoms with Crippen LogP contribution in [0.15, 0.2) is 23.2 Å². The Morgan fingerprint density at radius 3 is 2.61 bits per heavy atom. The molecule has 2 N–H and O–H groups in total. The second-order valence-electron chi connectivity index (χ2n) is 6.96. The van der Waals surface area contributed by atoms with E-state index in [0.717, 1.165) is 23.2 Å². The largest absolute Gasteiger partial charge is 0.354 e. The van der Waals surface area contributed by atoms with Crippen LogP contribution in [0.2, 0.25) is 10.0 Å². The molecule has 154 valence electrons. The van der Waals surface area contributed by atoms with Crippen LogP contribution in [0, 0.1) is 6.92 Å². The van der Waals surface area contributed by atoms with Crippen molar-refractivity contribution in [2.45, 2.75) is 58.2 Å². The first-order valence-corrected chi connectivity index (χ1v) is 10.1. The number of halogens is 3. The average molecular weight is 537 g/mol. The van der Waals surface area contributed by atoms with Gasteiger partial charge in [0.1, 0.15) is 5.82 Å². The van der Waals surface area contributed by atoms with E-state index in [9.17, 15) is 0 Å². The Morgan fingerprint density at radius 1 is 1.21 bits per heavy atom. The minimum absolute atomic E-state index is 0. The van der Waals surface area contributed by atoms with Crippen LogP contribution in [-0.2, 0) is 20.1 Å². The average Bonchev–Trinajstić information content (AvgIpc) is 2.98. The Kier molecular flexibility index (Phi) is 9.30. The summed E-state index contributed by atoms with van der Waals surface area (Å²) in [5.74, 6) is 2.53. The molecule has 1 aliphatic carbocycles. The molecule has 9 heteroatoms. The van der Waals surface area contributed by atoms with Crippen LogP contribution in [-0.4, -0.2) is 26.8 Å². The minimum atomic E-state index is 0. The molecule has 0 radical (unpaired) electrons. The van der Waals surface area contributed by atoms with Crippen molar-refractivity contribution < 1.29 is 0 Å². The molecule has 1 aromatic carbocycles. The molecule has 1 aromatic heterocycles. The topological polar surface area (TPSA) is 67.1 Å². The summed E-state index contributed by atoms with van der Waals surface area (Å²) in [6, 6.07) is 5.95. The van der Waals surface area contributed by atoms with E-state index in [0.29, 0.717) is 29.2 Å². The molecule has 0 spiro atoms. The summed E-state index contributed by atoms with van der Waals surface area (Å²) in [5, 5.41) is 16.5. The van der Waals surface area contributed by atoms with Gasteiger partial charge in [-0.25, -0.2) is 4.99 Å². The number of guanidine groups is 1. The highest BCUT2D eigenvalue weighted by Gasteiger charge is 2.15. The number of hydrogen-bond acceptors (Lipinski definition) is 3. The molecule has 1 fully saturated rings. The normalized spacial score (nSPS) is 15.2. The third-order valence-electron chi connectivity index (χ3n) is 4.97. The van der Waals surface area contributed by atoms with Gasteiger partial charge >= 0.3 is 0 Å². The SMILES string of the molecule is Cc1nnc(CNC(=NCc2ccc(Cl)cc2Cl)NC2CCCCC2)n1C.I. The summed E-state index contributed by atoms with van der Waals surface area (Å²) in [6.07, 6.45) is 6.18. The molecule has 0 unspecified atom stereocenters. The van der Waals surface area contributed by atoms with Gasteiger partial charge in [0.25, 0.3) is 0 Å². The second kappa shape index (κ2) is 11.2. The molecule has 0 bridgehead atoms. The van der Waals surface area contributed by atoms with Crippen molar-refractivity contribution in [1.29, 1.82) is 0 Å². The third-order valence-corrected chi connectivity index (χ3v) is 5.55. The fourth-order valence-electron chi connectivity index (χ4n) is 3.17. The van der Waals surface area contributed by atoms with E-state index in [1.54, 1.807) is 6.07 Å². The van der Waals surface area contributed by atoms with Crippen molar-refractivity contribution in [3.05, 3.63) is 45.5 Å². The molecule has 1 aliphatic rings. The van der Waals surface area contributed by atoms with Gasteiger partial charge in [-0.15, -0.1) is 34.2 Å². The number of aliphatic imine (C=N–C) groups is 1. The van der Waals surface area contributed by atoms with Gasteiger partial charge in [-0.2, -0.15) is 0 Å². The number of rotatable bonds is 5. The molecule has 0 amide bonds. The van der Waals surface area contributed by atoms with Gasteiger partial charge in [0.05, 0.1) is 13.1 Å². The lowest BCUT2D eigenvalue weighted by Crippen LogP contribution is -2.44. The predicted molar refractivity (Wildman–Crippen MR) is 126 cm³/mol. The lowest BCUT2D eigenvalue weighted by molar-refractivity contribution is 0.409. The van der Waals surface area contributed by atoms with Gasteiger partial charge in [-0.05, 0) is 37.5 Å². The van der Waals surface area contributed by atoms with Gasteiger partial charge in [-0.1, -0.05) is 48.5 Å². The standard InChI is InChI=1S/C19H26Cl2N6.HI/c1-13-25-26-18(27(13)2)12-23-19(24-16-6-4-3-5-7-16)22-11-14-8-9-15(20)10-17(14)21;/h8-10,16H,3-7,11-12H2,1-2H3,(H2,22,23,24);1H. The summed E-state index contributed by atoms with van der Waals surface area (Å²) in [4.78, 5) is 4.74. The Bertz CT molecular complexity index is 802. The maximum Gasteiger partial charge on any atom is 0.192 e. The smallest absolute Gasteiger partial charge is 0.192 e. The van der Waals surface area contributed by atoms with Crippen LogP contribution in [0.1, 0.15) is 49.3 Å². The first-order valence-electron chi connectivity index (χ1n) is 9.36. The fraction of sp³-hybridized carbons (Fsp3) is 0.526. The highest BCUT2D eigenvalue weighted by molar-refractivity contribution is 14.0. The zero-order chi connectivity index (χ0) is 19.2. The van der Waals surface area contributed by atoms with Crippen molar-refractivity contribution in [2.24, 2.45) is 12.0 Å². The lowest BCUT2D eigenvalue weighted by Gasteiger charge is -2.25. The third kappa shape index (κ3) is 6.49. The zero-order valence-corrected chi connectivity index (χ0v) is 20.1. The van der Waals surface area contributed by atoms with Crippen LogP contribution < -0.4 is 10.6 Å². The van der Waals surface area contributed by atoms with E-state index < -0.39 is 0 Å². The van der Waals surface area contributed by atoms with E-state index >= 15 is 0 Å². The fourth-order valence-corrected chi connectivity index (χ4v) is 3.64. The van der Waals surface area contributed by atoms with Crippen molar-refractivity contribution in [1.82, 2.24) is 25.4 Å². The lowest BCUT2D eigenvalue weighted by atomic mass is 9.96. The highest BCUT2D eigenvalue weighted by atomic mass is 127. The summed E-state index contributed by atoms with van der Waals surface area (Å²) >= 11 is 12.3. The first kappa shape index (κ1) is 23.2. The molecule has 0 atom stereocenters. The number of benzene rings is 1. The van der Waals surface area contributed by atoms with Crippen LogP contribution in [0.3, 0.4) is 0 Å². The van der Waals surface area contributed by atoms with E-state index in [1.165, 1.54) is 32.1 Å². The number of nitrogens with zero attached hydrogens (tertiary/aromatic N) is 4. The number of hydrogen-bond donors (Lipinski definition) is 2. The maximum absolute atomic E-state index is 6.29. The predicted octanol–water partition coefficient (Wildman–Crippen LogP) is 4.62. The van der Waals surface area contributed by atoms with Crippen molar-refractivity contribution in [3.8, 4) is 0 Å². The molecular weight excluding hydrogens is 510 g/mol. The summed E-state index contributed by atoms with van der Waals surface area (Å²) in [5.41, 5.74) is 0.945.